The first-order chi connectivity index (χ1) is 8.92. The van der Waals surface area contributed by atoms with Gasteiger partial charge in [-0.05, 0) is 25.0 Å². The molecule has 0 aliphatic heterocycles. The number of carbonyl (C=O) groups excluding carboxylic acids is 1. The van der Waals surface area contributed by atoms with Crippen LogP contribution in [0.25, 0.3) is 0 Å². The van der Waals surface area contributed by atoms with Crippen LogP contribution in [0.2, 0.25) is 0 Å². The molecule has 1 aromatic carbocycles. The first-order valence-corrected chi connectivity index (χ1v) is 5.86. The Morgan fingerprint density at radius 1 is 1.37 bits per heavy atom. The van der Waals surface area contributed by atoms with Crippen molar-refractivity contribution in [2.75, 3.05) is 12.0 Å². The number of hydrogen-bond acceptors (Lipinski definition) is 3. The van der Waals surface area contributed by atoms with Crippen molar-refractivity contribution in [2.45, 2.75) is 25.1 Å². The summed E-state index contributed by atoms with van der Waals surface area (Å²) in [6.07, 6.45) is -3.18. The van der Waals surface area contributed by atoms with Crippen LogP contribution in [0, 0.1) is 0 Å². The fraction of sp³-hybridized carbons (Fsp3) is 0.417. The number of anilines is 1. The van der Waals surface area contributed by atoms with E-state index < -0.39 is 18.6 Å². The van der Waals surface area contributed by atoms with Crippen molar-refractivity contribution in [2.24, 2.45) is 5.84 Å². The molecule has 7 heteroatoms. The third-order valence-corrected chi connectivity index (χ3v) is 2.91. The zero-order chi connectivity index (χ0) is 14.0. The minimum Gasteiger partial charge on any atom is -0.326 e. The summed E-state index contributed by atoms with van der Waals surface area (Å²) in [6, 6.07) is 5.93. The molecule has 0 spiro atoms. The van der Waals surface area contributed by atoms with Crippen LogP contribution in [0.4, 0.5) is 18.9 Å². The smallest absolute Gasteiger partial charge is 0.326 e. The van der Waals surface area contributed by atoms with Crippen LogP contribution in [0.1, 0.15) is 23.2 Å². The number of hydrazine groups is 1. The molecule has 104 valence electrons. The van der Waals surface area contributed by atoms with E-state index in [-0.39, 0.29) is 11.6 Å². The lowest BCUT2D eigenvalue weighted by Crippen LogP contribution is -2.40. The first-order valence-electron chi connectivity index (χ1n) is 5.86. The molecule has 1 aromatic rings. The second-order valence-electron chi connectivity index (χ2n) is 4.47. The minimum atomic E-state index is -4.40. The van der Waals surface area contributed by atoms with Crippen LogP contribution in [0.3, 0.4) is 0 Å². The molecule has 3 N–H and O–H groups in total. The lowest BCUT2D eigenvalue weighted by Gasteiger charge is -2.24. The Bertz CT molecular complexity index is 472. The van der Waals surface area contributed by atoms with Crippen LogP contribution in [-0.4, -0.2) is 29.6 Å². The van der Waals surface area contributed by atoms with Gasteiger partial charge in [0.15, 0.2) is 0 Å². The quantitative estimate of drug-likeness (QED) is 0.652. The summed E-state index contributed by atoms with van der Waals surface area (Å²) in [4.78, 5) is 13.1. The molecule has 4 nitrogen and oxygen atoms in total. The van der Waals surface area contributed by atoms with E-state index in [9.17, 15) is 18.0 Å². The van der Waals surface area contributed by atoms with Crippen molar-refractivity contribution < 1.29 is 18.0 Å². The Hall–Kier alpha value is -1.76. The number of hydrogen-bond donors (Lipinski definition) is 2. The van der Waals surface area contributed by atoms with Gasteiger partial charge in [0, 0.05) is 6.04 Å². The van der Waals surface area contributed by atoms with Gasteiger partial charge in [-0.25, -0.2) is 0 Å². The van der Waals surface area contributed by atoms with Gasteiger partial charge in [-0.15, -0.1) is 0 Å². The molecule has 0 atom stereocenters. The summed E-state index contributed by atoms with van der Waals surface area (Å²) >= 11 is 0. The van der Waals surface area contributed by atoms with Crippen LogP contribution >= 0.6 is 0 Å². The fourth-order valence-corrected chi connectivity index (χ4v) is 1.90. The zero-order valence-electron chi connectivity index (χ0n) is 10.1. The Kier molecular flexibility index (Phi) is 3.66. The van der Waals surface area contributed by atoms with Crippen molar-refractivity contribution >= 4 is 11.6 Å². The highest BCUT2D eigenvalue weighted by Gasteiger charge is 2.41. The number of nitrogen functional groups attached to an aromatic ring is 1. The van der Waals surface area contributed by atoms with Gasteiger partial charge in [0.2, 0.25) is 0 Å². The van der Waals surface area contributed by atoms with Crippen molar-refractivity contribution in [3.8, 4) is 0 Å². The maximum absolute atomic E-state index is 12.5. The van der Waals surface area contributed by atoms with Crippen molar-refractivity contribution in [1.29, 1.82) is 0 Å². The molecular formula is C12H14F3N3O. The molecule has 2 rings (SSSR count). The largest absolute Gasteiger partial charge is 0.406 e. The standard InChI is InChI=1S/C12H14F3N3O/c13-12(14,15)7-18(8-5-6-8)11(19)9-3-1-2-4-10(9)17-16/h1-4,8,17H,5-7,16H2. The van der Waals surface area contributed by atoms with Crippen LogP contribution in [0.15, 0.2) is 24.3 Å². The molecule has 0 bridgehead atoms. The number of benzene rings is 1. The summed E-state index contributed by atoms with van der Waals surface area (Å²) in [7, 11) is 0. The third-order valence-electron chi connectivity index (χ3n) is 2.91. The predicted octanol–water partition coefficient (Wildman–Crippen LogP) is 2.14. The van der Waals surface area contributed by atoms with Gasteiger partial charge >= 0.3 is 6.18 Å². The molecule has 1 saturated carbocycles. The van der Waals surface area contributed by atoms with E-state index in [1.54, 1.807) is 18.2 Å². The molecule has 19 heavy (non-hydrogen) atoms. The maximum atomic E-state index is 12.5. The maximum Gasteiger partial charge on any atom is 0.406 e. The SMILES string of the molecule is NNc1ccccc1C(=O)N(CC(F)(F)F)C1CC1. The van der Waals surface area contributed by atoms with Crippen LogP contribution in [0.5, 0.6) is 0 Å². The van der Waals surface area contributed by atoms with Crippen molar-refractivity contribution in [3.63, 3.8) is 0 Å². The van der Waals surface area contributed by atoms with E-state index in [1.165, 1.54) is 6.07 Å². The average Bonchev–Trinajstić information content (AvgIpc) is 3.18. The van der Waals surface area contributed by atoms with E-state index in [0.29, 0.717) is 18.5 Å². The van der Waals surface area contributed by atoms with Crippen molar-refractivity contribution in [3.05, 3.63) is 29.8 Å². The number of amides is 1. The Labute approximate surface area is 108 Å². The highest BCUT2D eigenvalue weighted by atomic mass is 19.4. The summed E-state index contributed by atoms with van der Waals surface area (Å²) < 4.78 is 37.6. The number of rotatable bonds is 4. The third kappa shape index (κ3) is 3.37. The van der Waals surface area contributed by atoms with Crippen LogP contribution < -0.4 is 11.3 Å². The van der Waals surface area contributed by atoms with Gasteiger partial charge in [0.25, 0.3) is 5.91 Å². The average molecular weight is 273 g/mol. The van der Waals surface area contributed by atoms with Gasteiger partial charge in [-0.3, -0.25) is 10.6 Å². The Morgan fingerprint density at radius 3 is 2.53 bits per heavy atom. The van der Waals surface area contributed by atoms with Gasteiger partial charge < -0.3 is 10.3 Å². The summed E-state index contributed by atoms with van der Waals surface area (Å²) in [5.41, 5.74) is 2.80. The lowest BCUT2D eigenvalue weighted by molar-refractivity contribution is -0.141. The first kappa shape index (κ1) is 13.7. The number of nitrogens with two attached hydrogens (primary N) is 1. The number of para-hydroxylation sites is 1. The molecule has 0 saturated heterocycles. The van der Waals surface area contributed by atoms with Gasteiger partial charge in [-0.2, -0.15) is 13.2 Å². The number of carbonyl (C=O) groups is 1. The zero-order valence-corrected chi connectivity index (χ0v) is 10.1. The van der Waals surface area contributed by atoms with Gasteiger partial charge in [0.05, 0.1) is 11.3 Å². The summed E-state index contributed by atoms with van der Waals surface area (Å²) in [6.45, 7) is -1.23. The number of alkyl halides is 3. The fourth-order valence-electron chi connectivity index (χ4n) is 1.90. The Morgan fingerprint density at radius 2 is 2.00 bits per heavy atom. The molecule has 0 unspecified atom stereocenters. The molecule has 0 aromatic heterocycles. The minimum absolute atomic E-state index is 0.154. The summed E-state index contributed by atoms with van der Waals surface area (Å²) in [5, 5.41) is 0. The second-order valence-corrected chi connectivity index (χ2v) is 4.47. The van der Waals surface area contributed by atoms with E-state index in [4.69, 9.17) is 5.84 Å². The number of halogens is 3. The molecular weight excluding hydrogens is 259 g/mol. The van der Waals surface area contributed by atoms with E-state index in [0.717, 1.165) is 4.90 Å². The second kappa shape index (κ2) is 5.08. The highest BCUT2D eigenvalue weighted by Crippen LogP contribution is 2.32. The number of nitrogens with zero attached hydrogens (tertiary/aromatic N) is 1. The van der Waals surface area contributed by atoms with E-state index in [1.807, 2.05) is 0 Å². The Balaban J connectivity index is 2.24. The molecule has 0 heterocycles. The lowest BCUT2D eigenvalue weighted by atomic mass is 10.1. The monoisotopic (exact) mass is 273 g/mol. The number of nitrogens with one attached hydrogen (secondary N) is 1. The molecule has 0 radical (unpaired) electrons. The van der Waals surface area contributed by atoms with Gasteiger partial charge in [0.1, 0.15) is 6.54 Å². The highest BCUT2D eigenvalue weighted by molar-refractivity contribution is 5.99. The molecule has 1 amide bonds. The molecule has 1 aliphatic carbocycles. The topological polar surface area (TPSA) is 58.4 Å². The summed E-state index contributed by atoms with van der Waals surface area (Å²) in [5.74, 6) is 4.62. The van der Waals surface area contributed by atoms with E-state index >= 15 is 0 Å². The predicted molar refractivity (Wildman–Crippen MR) is 64.4 cm³/mol. The molecule has 1 aliphatic rings. The van der Waals surface area contributed by atoms with E-state index in [2.05, 4.69) is 5.43 Å². The normalized spacial score (nSPS) is 15.2. The van der Waals surface area contributed by atoms with Gasteiger partial charge in [-0.1, -0.05) is 12.1 Å². The van der Waals surface area contributed by atoms with Crippen molar-refractivity contribution in [1.82, 2.24) is 4.90 Å². The molecule has 1 fully saturated rings. The van der Waals surface area contributed by atoms with Crippen LogP contribution in [-0.2, 0) is 0 Å².